The first-order chi connectivity index (χ1) is 14.9. The molecule has 0 radical (unpaired) electrons. The number of hydrogen-bond acceptors (Lipinski definition) is 6. The second kappa shape index (κ2) is 17.8. The highest BCUT2D eigenvalue weighted by molar-refractivity contribution is 5.63. The summed E-state index contributed by atoms with van der Waals surface area (Å²) in [4.78, 5) is 10.3. The first-order valence-corrected chi connectivity index (χ1v) is 12.8. The van der Waals surface area contributed by atoms with Gasteiger partial charge in [0, 0.05) is 12.4 Å². The SMILES string of the molecule is C[C@H](CCCCCCCCCCCCCCCCC(=O)[O-])O[C@@H]1O[C@@H](C)[C@H](O)C[C@H]1O. The van der Waals surface area contributed by atoms with Crippen molar-refractivity contribution in [1.29, 1.82) is 0 Å². The van der Waals surface area contributed by atoms with Crippen molar-refractivity contribution >= 4 is 5.97 Å². The van der Waals surface area contributed by atoms with E-state index in [1.165, 1.54) is 64.2 Å². The van der Waals surface area contributed by atoms with Crippen molar-refractivity contribution in [2.45, 2.75) is 154 Å². The normalized spacial score (nSPS) is 24.9. The highest BCUT2D eigenvalue weighted by Gasteiger charge is 2.35. The number of hydrogen-bond donors (Lipinski definition) is 2. The Hall–Kier alpha value is -0.690. The number of rotatable bonds is 19. The van der Waals surface area contributed by atoms with E-state index in [1.54, 1.807) is 0 Å². The van der Waals surface area contributed by atoms with Gasteiger partial charge in [0.15, 0.2) is 6.29 Å². The van der Waals surface area contributed by atoms with Crippen molar-refractivity contribution in [3.8, 4) is 0 Å². The molecule has 184 valence electrons. The molecule has 1 rings (SSSR count). The first kappa shape index (κ1) is 28.3. The van der Waals surface area contributed by atoms with E-state index in [0.717, 1.165) is 32.1 Å². The Morgan fingerprint density at radius 3 is 1.81 bits per heavy atom. The van der Waals surface area contributed by atoms with Crippen LogP contribution in [0.4, 0.5) is 0 Å². The molecule has 0 bridgehead atoms. The molecule has 6 nitrogen and oxygen atoms in total. The Balaban J connectivity index is 1.82. The van der Waals surface area contributed by atoms with Gasteiger partial charge < -0.3 is 29.6 Å². The van der Waals surface area contributed by atoms with E-state index in [9.17, 15) is 20.1 Å². The predicted molar refractivity (Wildman–Crippen MR) is 120 cm³/mol. The summed E-state index contributed by atoms with van der Waals surface area (Å²) >= 11 is 0. The first-order valence-electron chi connectivity index (χ1n) is 12.8. The van der Waals surface area contributed by atoms with E-state index in [-0.39, 0.29) is 18.6 Å². The maximum absolute atomic E-state index is 10.3. The fourth-order valence-electron chi connectivity index (χ4n) is 4.19. The number of carbonyl (C=O) groups excluding carboxylic acids is 1. The minimum atomic E-state index is -0.925. The molecule has 0 aromatic rings. The lowest BCUT2D eigenvalue weighted by Crippen LogP contribution is -2.48. The van der Waals surface area contributed by atoms with Crippen molar-refractivity contribution in [2.75, 3.05) is 0 Å². The Morgan fingerprint density at radius 1 is 0.871 bits per heavy atom. The van der Waals surface area contributed by atoms with Gasteiger partial charge in [-0.1, -0.05) is 83.5 Å². The number of unbranched alkanes of at least 4 members (excludes halogenated alkanes) is 13. The lowest BCUT2D eigenvalue weighted by Gasteiger charge is -2.36. The molecule has 0 aromatic carbocycles. The van der Waals surface area contributed by atoms with E-state index in [0.29, 0.717) is 6.42 Å². The topological polar surface area (TPSA) is 99.1 Å². The van der Waals surface area contributed by atoms with Crippen LogP contribution in [0.2, 0.25) is 0 Å². The molecule has 6 heteroatoms. The summed E-state index contributed by atoms with van der Waals surface area (Å²) in [5, 5.41) is 30.0. The largest absolute Gasteiger partial charge is 0.550 e. The molecule has 1 saturated heterocycles. The van der Waals surface area contributed by atoms with Gasteiger partial charge >= 0.3 is 0 Å². The summed E-state index contributed by atoms with van der Waals surface area (Å²) in [5.74, 6) is -0.925. The zero-order chi connectivity index (χ0) is 22.9. The number of aliphatic hydroxyl groups is 2. The van der Waals surface area contributed by atoms with Crippen LogP contribution >= 0.6 is 0 Å². The molecule has 1 heterocycles. The molecule has 1 fully saturated rings. The van der Waals surface area contributed by atoms with Gasteiger partial charge in [0.05, 0.1) is 18.3 Å². The average Bonchev–Trinajstić information content (AvgIpc) is 2.71. The van der Waals surface area contributed by atoms with E-state index in [2.05, 4.69) is 0 Å². The molecule has 1 aliphatic heterocycles. The third-order valence-corrected chi connectivity index (χ3v) is 6.30. The van der Waals surface area contributed by atoms with Crippen LogP contribution in [0.15, 0.2) is 0 Å². The Kier molecular flexibility index (Phi) is 16.3. The number of aliphatic hydroxyl groups excluding tert-OH is 2. The van der Waals surface area contributed by atoms with Crippen LogP contribution < -0.4 is 5.11 Å². The van der Waals surface area contributed by atoms with Crippen LogP contribution in [0.25, 0.3) is 0 Å². The molecule has 0 saturated carbocycles. The summed E-state index contributed by atoms with van der Waals surface area (Å²) < 4.78 is 11.4. The van der Waals surface area contributed by atoms with Crippen molar-refractivity contribution in [2.24, 2.45) is 0 Å². The van der Waals surface area contributed by atoms with Crippen molar-refractivity contribution in [1.82, 2.24) is 0 Å². The van der Waals surface area contributed by atoms with Crippen LogP contribution in [0.1, 0.15) is 123 Å². The second-order valence-corrected chi connectivity index (χ2v) is 9.39. The minimum Gasteiger partial charge on any atom is -0.550 e. The fourth-order valence-corrected chi connectivity index (χ4v) is 4.19. The third-order valence-electron chi connectivity index (χ3n) is 6.30. The molecule has 0 spiro atoms. The van der Waals surface area contributed by atoms with Crippen LogP contribution in [-0.2, 0) is 14.3 Å². The molecule has 2 N–H and O–H groups in total. The smallest absolute Gasteiger partial charge is 0.184 e. The lowest BCUT2D eigenvalue weighted by atomic mass is 10.0. The van der Waals surface area contributed by atoms with Crippen LogP contribution in [-0.4, -0.2) is 46.9 Å². The summed E-state index contributed by atoms with van der Waals surface area (Å²) in [6.07, 6.45) is 16.2. The Labute approximate surface area is 189 Å². The number of carbonyl (C=O) groups is 1. The van der Waals surface area contributed by atoms with Crippen LogP contribution in [0.5, 0.6) is 0 Å². The molecule has 31 heavy (non-hydrogen) atoms. The van der Waals surface area contributed by atoms with Gasteiger partial charge in [-0.25, -0.2) is 0 Å². The number of aliphatic carboxylic acids is 1. The maximum atomic E-state index is 10.3. The summed E-state index contributed by atoms with van der Waals surface area (Å²) in [7, 11) is 0. The molecule has 0 unspecified atom stereocenters. The standard InChI is InChI=1S/C25H48O6/c1-20(30-25-23(27)19-22(26)21(2)31-25)17-15-13-11-9-7-5-3-4-6-8-10-12-14-16-18-24(28)29/h20-23,25-27H,3-19H2,1-2H3,(H,28,29)/p-1/t20-,21+,22-,23-,25-/m1/s1. The number of carboxylic acids is 1. The highest BCUT2D eigenvalue weighted by Crippen LogP contribution is 2.23. The van der Waals surface area contributed by atoms with E-state index < -0.39 is 24.5 Å². The predicted octanol–water partition coefficient (Wildman–Crippen LogP) is 4.24. The second-order valence-electron chi connectivity index (χ2n) is 9.39. The van der Waals surface area contributed by atoms with Crippen LogP contribution in [0.3, 0.4) is 0 Å². The van der Waals surface area contributed by atoms with E-state index in [4.69, 9.17) is 9.47 Å². The summed E-state index contributed by atoms with van der Waals surface area (Å²) in [5.41, 5.74) is 0. The molecular formula is C25H47O6-. The zero-order valence-electron chi connectivity index (χ0n) is 19.9. The van der Waals surface area contributed by atoms with Gasteiger partial charge in [0.2, 0.25) is 0 Å². The van der Waals surface area contributed by atoms with E-state index in [1.807, 2.05) is 13.8 Å². The monoisotopic (exact) mass is 443 g/mol. The summed E-state index contributed by atoms with van der Waals surface area (Å²) in [6.45, 7) is 3.84. The fraction of sp³-hybridized carbons (Fsp3) is 0.960. The Morgan fingerprint density at radius 2 is 1.32 bits per heavy atom. The molecular weight excluding hydrogens is 396 g/mol. The third kappa shape index (κ3) is 14.9. The van der Waals surface area contributed by atoms with Crippen molar-refractivity contribution < 1.29 is 29.6 Å². The minimum absolute atomic E-state index is 0.0521. The number of carboxylic acid groups (broad SMARTS) is 1. The average molecular weight is 444 g/mol. The van der Waals surface area contributed by atoms with Gasteiger partial charge in [-0.3, -0.25) is 0 Å². The molecule has 0 aliphatic carbocycles. The van der Waals surface area contributed by atoms with Gasteiger partial charge in [0.1, 0.15) is 6.10 Å². The van der Waals surface area contributed by atoms with Crippen molar-refractivity contribution in [3.05, 3.63) is 0 Å². The van der Waals surface area contributed by atoms with E-state index >= 15 is 0 Å². The molecule has 5 atom stereocenters. The quantitative estimate of drug-likeness (QED) is 0.290. The van der Waals surface area contributed by atoms with Gasteiger partial charge in [-0.05, 0) is 33.1 Å². The Bertz CT molecular complexity index is 444. The lowest BCUT2D eigenvalue weighted by molar-refractivity contribution is -0.305. The summed E-state index contributed by atoms with van der Waals surface area (Å²) in [6, 6.07) is 0. The van der Waals surface area contributed by atoms with Gasteiger partial charge in [-0.15, -0.1) is 0 Å². The van der Waals surface area contributed by atoms with Gasteiger partial charge in [0.25, 0.3) is 0 Å². The number of ether oxygens (including phenoxy) is 2. The molecule has 1 aliphatic rings. The van der Waals surface area contributed by atoms with Crippen molar-refractivity contribution in [3.63, 3.8) is 0 Å². The maximum Gasteiger partial charge on any atom is 0.184 e. The van der Waals surface area contributed by atoms with Crippen LogP contribution in [0, 0.1) is 0 Å². The zero-order valence-corrected chi connectivity index (χ0v) is 19.9. The molecule has 0 amide bonds. The highest BCUT2D eigenvalue weighted by atomic mass is 16.7. The van der Waals surface area contributed by atoms with Gasteiger partial charge in [-0.2, -0.15) is 0 Å². The molecule has 0 aromatic heterocycles.